The average molecular weight is 459 g/mol. The van der Waals surface area contributed by atoms with E-state index < -0.39 is 0 Å². The molecule has 0 saturated carbocycles. The van der Waals surface area contributed by atoms with Gasteiger partial charge in [0.1, 0.15) is 11.2 Å². The SMILES string of the molecule is O=Nc1cccc2ccc(OCCCCN3CCN(c4cccc(Cl)c4Cl)CC3)nc12. The third-order valence-corrected chi connectivity index (χ3v) is 6.34. The van der Waals surface area contributed by atoms with Crippen LogP contribution in [0.3, 0.4) is 0 Å². The minimum absolute atomic E-state index is 0.334. The van der Waals surface area contributed by atoms with Crippen molar-refractivity contribution in [2.75, 3.05) is 44.2 Å². The van der Waals surface area contributed by atoms with E-state index in [1.807, 2.05) is 36.4 Å². The molecule has 2 heterocycles. The number of fused-ring (bicyclic) bond motifs is 1. The van der Waals surface area contributed by atoms with Crippen LogP contribution in [0, 0.1) is 4.91 Å². The van der Waals surface area contributed by atoms with Gasteiger partial charge in [-0.05, 0) is 48.8 Å². The molecule has 1 aromatic heterocycles. The summed E-state index contributed by atoms with van der Waals surface area (Å²) in [4.78, 5) is 20.2. The Kier molecular flexibility index (Phi) is 7.22. The van der Waals surface area contributed by atoms with Gasteiger partial charge in [-0.25, -0.2) is 4.98 Å². The zero-order valence-corrected chi connectivity index (χ0v) is 18.6. The Hall–Kier alpha value is -2.41. The van der Waals surface area contributed by atoms with E-state index in [1.165, 1.54) is 0 Å². The molecule has 2 aromatic carbocycles. The number of para-hydroxylation sites is 1. The Bertz CT molecular complexity index is 1050. The Labute approximate surface area is 191 Å². The molecular weight excluding hydrogens is 435 g/mol. The van der Waals surface area contributed by atoms with Gasteiger partial charge in [-0.15, -0.1) is 4.91 Å². The van der Waals surface area contributed by atoms with E-state index in [4.69, 9.17) is 27.9 Å². The maximum absolute atomic E-state index is 11.0. The van der Waals surface area contributed by atoms with Crippen molar-refractivity contribution < 1.29 is 4.74 Å². The van der Waals surface area contributed by atoms with Crippen molar-refractivity contribution in [2.45, 2.75) is 12.8 Å². The van der Waals surface area contributed by atoms with Gasteiger partial charge in [0.25, 0.3) is 0 Å². The van der Waals surface area contributed by atoms with Crippen LogP contribution in [0.15, 0.2) is 53.7 Å². The Morgan fingerprint density at radius 2 is 1.77 bits per heavy atom. The second-order valence-electron chi connectivity index (χ2n) is 7.55. The van der Waals surface area contributed by atoms with Gasteiger partial charge in [0.2, 0.25) is 5.88 Å². The van der Waals surface area contributed by atoms with Crippen molar-refractivity contribution in [1.82, 2.24) is 9.88 Å². The first-order valence-electron chi connectivity index (χ1n) is 10.4. The van der Waals surface area contributed by atoms with Crippen molar-refractivity contribution in [3.63, 3.8) is 0 Å². The van der Waals surface area contributed by atoms with E-state index in [2.05, 4.69) is 20.0 Å². The molecular formula is C23H24Cl2N4O2. The average Bonchev–Trinajstić information content (AvgIpc) is 2.80. The topological polar surface area (TPSA) is 58.0 Å². The molecule has 0 aliphatic carbocycles. The number of unbranched alkanes of at least 4 members (excludes halogenated alkanes) is 1. The van der Waals surface area contributed by atoms with E-state index in [9.17, 15) is 4.91 Å². The Morgan fingerprint density at radius 3 is 2.58 bits per heavy atom. The fourth-order valence-electron chi connectivity index (χ4n) is 3.83. The quantitative estimate of drug-likeness (QED) is 0.309. The first-order valence-corrected chi connectivity index (χ1v) is 11.2. The molecule has 0 unspecified atom stereocenters. The highest BCUT2D eigenvalue weighted by atomic mass is 35.5. The molecule has 0 amide bonds. The summed E-state index contributed by atoms with van der Waals surface area (Å²) in [6.45, 7) is 5.49. The Balaban J connectivity index is 1.19. The molecule has 4 rings (SSSR count). The largest absolute Gasteiger partial charge is 0.478 e. The number of piperazine rings is 1. The smallest absolute Gasteiger partial charge is 0.213 e. The molecule has 162 valence electrons. The minimum Gasteiger partial charge on any atom is -0.478 e. The van der Waals surface area contributed by atoms with Crippen molar-refractivity contribution in [3.8, 4) is 5.88 Å². The van der Waals surface area contributed by atoms with Crippen LogP contribution in [0.4, 0.5) is 11.4 Å². The first kappa shape index (κ1) is 21.8. The third-order valence-electron chi connectivity index (χ3n) is 5.53. The van der Waals surface area contributed by atoms with Crippen LogP contribution in [0.2, 0.25) is 10.0 Å². The number of aromatic nitrogens is 1. The van der Waals surface area contributed by atoms with Crippen LogP contribution < -0.4 is 9.64 Å². The highest BCUT2D eigenvalue weighted by molar-refractivity contribution is 6.43. The summed E-state index contributed by atoms with van der Waals surface area (Å²) in [6, 6.07) is 14.9. The molecule has 31 heavy (non-hydrogen) atoms. The summed E-state index contributed by atoms with van der Waals surface area (Å²) in [5.74, 6) is 0.524. The van der Waals surface area contributed by atoms with E-state index in [1.54, 1.807) is 12.1 Å². The standard InChI is InChI=1S/C23H24Cl2N4O2/c24-18-6-4-8-20(22(18)25)29-14-12-28(13-15-29)11-1-2-16-31-21-10-9-17-5-3-7-19(27-30)23(17)26-21/h3-10H,1-2,11-16H2. The fraction of sp³-hybridized carbons (Fsp3) is 0.348. The van der Waals surface area contributed by atoms with Gasteiger partial charge in [-0.2, -0.15) is 0 Å². The summed E-state index contributed by atoms with van der Waals surface area (Å²) in [5, 5.41) is 5.15. The molecule has 6 nitrogen and oxygen atoms in total. The summed E-state index contributed by atoms with van der Waals surface area (Å²) >= 11 is 12.5. The molecule has 1 fully saturated rings. The molecule has 0 radical (unpaired) electrons. The van der Waals surface area contributed by atoms with E-state index in [-0.39, 0.29) is 0 Å². The number of hydrogen-bond donors (Lipinski definition) is 0. The summed E-state index contributed by atoms with van der Waals surface area (Å²) < 4.78 is 5.79. The highest BCUT2D eigenvalue weighted by Crippen LogP contribution is 2.33. The van der Waals surface area contributed by atoms with E-state index in [0.717, 1.165) is 56.6 Å². The zero-order valence-electron chi connectivity index (χ0n) is 17.1. The number of nitroso groups, excluding NO2 is 1. The minimum atomic E-state index is 0.334. The van der Waals surface area contributed by atoms with Crippen molar-refractivity contribution in [2.24, 2.45) is 5.18 Å². The van der Waals surface area contributed by atoms with Gasteiger partial charge in [0, 0.05) is 37.6 Å². The number of rotatable bonds is 8. The van der Waals surface area contributed by atoms with Crippen LogP contribution in [-0.2, 0) is 0 Å². The maximum atomic E-state index is 11.0. The lowest BCUT2D eigenvalue weighted by Gasteiger charge is -2.36. The van der Waals surface area contributed by atoms with E-state index in [0.29, 0.717) is 33.7 Å². The van der Waals surface area contributed by atoms with Gasteiger partial charge in [0.15, 0.2) is 0 Å². The molecule has 0 atom stereocenters. The van der Waals surface area contributed by atoms with Crippen molar-refractivity contribution in [3.05, 3.63) is 63.5 Å². The molecule has 0 bridgehead atoms. The third kappa shape index (κ3) is 5.26. The molecule has 1 saturated heterocycles. The zero-order chi connectivity index (χ0) is 21.6. The van der Waals surface area contributed by atoms with Gasteiger partial charge in [-0.1, -0.05) is 41.4 Å². The number of ether oxygens (including phenoxy) is 1. The molecule has 1 aliphatic heterocycles. The first-order chi connectivity index (χ1) is 15.2. The second-order valence-corrected chi connectivity index (χ2v) is 8.33. The predicted molar refractivity (Wildman–Crippen MR) is 127 cm³/mol. The summed E-state index contributed by atoms with van der Waals surface area (Å²) in [6.07, 6.45) is 1.99. The van der Waals surface area contributed by atoms with Gasteiger partial charge >= 0.3 is 0 Å². The number of benzene rings is 2. The van der Waals surface area contributed by atoms with Crippen LogP contribution in [0.25, 0.3) is 10.9 Å². The van der Waals surface area contributed by atoms with Gasteiger partial charge < -0.3 is 9.64 Å². The molecule has 3 aromatic rings. The number of halogens is 2. The number of pyridine rings is 1. The maximum Gasteiger partial charge on any atom is 0.213 e. The van der Waals surface area contributed by atoms with Crippen LogP contribution in [0.5, 0.6) is 5.88 Å². The normalized spacial score (nSPS) is 14.7. The van der Waals surface area contributed by atoms with E-state index >= 15 is 0 Å². The Morgan fingerprint density at radius 1 is 0.968 bits per heavy atom. The lowest BCUT2D eigenvalue weighted by atomic mass is 10.2. The molecule has 0 spiro atoms. The number of anilines is 1. The fourth-order valence-corrected chi connectivity index (χ4v) is 4.25. The second kappa shape index (κ2) is 10.3. The number of nitrogens with zero attached hydrogens (tertiary/aromatic N) is 4. The number of hydrogen-bond acceptors (Lipinski definition) is 6. The summed E-state index contributed by atoms with van der Waals surface area (Å²) in [5.41, 5.74) is 1.92. The predicted octanol–water partition coefficient (Wildman–Crippen LogP) is 5.92. The van der Waals surface area contributed by atoms with Crippen LogP contribution in [0.1, 0.15) is 12.8 Å². The lowest BCUT2D eigenvalue weighted by Crippen LogP contribution is -2.46. The lowest BCUT2D eigenvalue weighted by molar-refractivity contribution is 0.237. The highest BCUT2D eigenvalue weighted by Gasteiger charge is 2.19. The van der Waals surface area contributed by atoms with Gasteiger partial charge in [-0.3, -0.25) is 4.90 Å². The molecule has 0 N–H and O–H groups in total. The van der Waals surface area contributed by atoms with Crippen molar-refractivity contribution in [1.29, 1.82) is 0 Å². The summed E-state index contributed by atoms with van der Waals surface area (Å²) in [7, 11) is 0. The van der Waals surface area contributed by atoms with Crippen LogP contribution in [-0.4, -0.2) is 49.2 Å². The molecule has 1 aliphatic rings. The monoisotopic (exact) mass is 458 g/mol. The van der Waals surface area contributed by atoms with Gasteiger partial charge in [0.05, 0.1) is 22.3 Å². The van der Waals surface area contributed by atoms with Crippen molar-refractivity contribution >= 4 is 45.5 Å². The molecule has 8 heteroatoms. The van der Waals surface area contributed by atoms with Crippen LogP contribution >= 0.6 is 23.2 Å².